The number of nitrogens with two attached hydrogens (primary N) is 3. The van der Waals surface area contributed by atoms with Gasteiger partial charge in [0.15, 0.2) is 0 Å². The minimum atomic E-state index is 0.0611. The molecule has 0 radical (unpaired) electrons. The molecule has 0 unspecified atom stereocenters. The van der Waals surface area contributed by atoms with E-state index in [2.05, 4.69) is 114 Å². The Morgan fingerprint density at radius 1 is 0.319 bits per heavy atom. The van der Waals surface area contributed by atoms with Crippen molar-refractivity contribution < 1.29 is 25.5 Å². The lowest BCUT2D eigenvalue weighted by molar-refractivity contribution is 0.280. The van der Waals surface area contributed by atoms with Crippen molar-refractivity contribution in [3.63, 3.8) is 0 Å². The highest BCUT2D eigenvalue weighted by Gasteiger charge is 2.09. The Bertz CT molecular complexity index is 2050. The number of benzene rings is 6. The summed E-state index contributed by atoms with van der Waals surface area (Å²) in [6.07, 6.45) is 2.66. The second kappa shape index (κ2) is 32.3. The van der Waals surface area contributed by atoms with Crippen LogP contribution in [0.2, 0.25) is 5.02 Å². The van der Waals surface area contributed by atoms with Crippen molar-refractivity contribution in [1.82, 2.24) is 0 Å². The summed E-state index contributed by atoms with van der Waals surface area (Å²) in [6, 6.07) is 50.0. The van der Waals surface area contributed by atoms with Gasteiger partial charge in [-0.05, 0) is 120 Å². The van der Waals surface area contributed by atoms with Crippen molar-refractivity contribution in [3.05, 3.63) is 190 Å². The number of hydrogen-bond acceptors (Lipinski definition) is 12. The van der Waals surface area contributed by atoms with Gasteiger partial charge in [-0.1, -0.05) is 102 Å². The molecule has 6 aromatic rings. The van der Waals surface area contributed by atoms with E-state index in [1.807, 2.05) is 58.3 Å². The largest absolute Gasteiger partial charge is 0.395 e. The van der Waals surface area contributed by atoms with Crippen LogP contribution in [0, 0.1) is 6.92 Å². The summed E-state index contributed by atoms with van der Waals surface area (Å²) in [4.78, 5) is 8.24. The van der Waals surface area contributed by atoms with Gasteiger partial charge in [-0.2, -0.15) is 0 Å². The molecule has 11 N–H and O–H groups in total. The van der Waals surface area contributed by atoms with Crippen LogP contribution in [-0.4, -0.2) is 131 Å². The minimum Gasteiger partial charge on any atom is -0.395 e. The van der Waals surface area contributed by atoms with Crippen LogP contribution in [0.4, 0.5) is 22.7 Å². The number of halogens is 1. The number of aryl methyl sites for hydroxylation is 1. The van der Waals surface area contributed by atoms with E-state index >= 15 is 0 Å². The topological polar surface area (TPSA) is 192 Å². The molecule has 0 heterocycles. The lowest BCUT2D eigenvalue weighted by atomic mass is 10.0. The van der Waals surface area contributed by atoms with Crippen LogP contribution in [-0.2, 0) is 19.3 Å². The number of hydrogen-bond donors (Lipinski definition) is 8. The maximum atomic E-state index is 9.19. The summed E-state index contributed by atoms with van der Waals surface area (Å²) in [5.74, 6) is 0. The van der Waals surface area contributed by atoms with Gasteiger partial charge in [-0.25, -0.2) is 0 Å². The molecule has 0 amide bonds. The SMILES string of the molecule is Cc1ccc(Cc2ccc(N(CCN)CCN)cc2)cc1.NCCN(CCO)c1ccc(Cc2ccc(N(CCO)CCO)cc2)cc1.OCCN(CCO)c1ccc(Cc2ccc(Cl)cc2)cc1. The summed E-state index contributed by atoms with van der Waals surface area (Å²) in [5, 5.41) is 46.4. The molecule has 0 atom stereocenters. The molecule has 13 heteroatoms. The number of nitrogens with zero attached hydrogens (tertiary/aromatic N) is 4. The average Bonchev–Trinajstić information content (AvgIpc) is 3.37. The van der Waals surface area contributed by atoms with Gasteiger partial charge >= 0.3 is 0 Å². The predicted molar refractivity (Wildman–Crippen MR) is 288 cm³/mol. The van der Waals surface area contributed by atoms with Gasteiger partial charge in [0, 0.05) is 99.8 Å². The van der Waals surface area contributed by atoms with E-state index in [0.717, 1.165) is 61.0 Å². The fourth-order valence-electron chi connectivity index (χ4n) is 7.86. The van der Waals surface area contributed by atoms with Gasteiger partial charge in [0.2, 0.25) is 0 Å². The van der Waals surface area contributed by atoms with Gasteiger partial charge in [0.25, 0.3) is 0 Å². The van der Waals surface area contributed by atoms with Crippen molar-refractivity contribution in [2.75, 3.05) is 125 Å². The summed E-state index contributed by atoms with van der Waals surface area (Å²) in [5.41, 5.74) is 30.0. The van der Waals surface area contributed by atoms with Crippen molar-refractivity contribution in [3.8, 4) is 0 Å². The van der Waals surface area contributed by atoms with Crippen LogP contribution in [0.1, 0.15) is 38.9 Å². The first-order valence-electron chi connectivity index (χ1n) is 24.0. The molecule has 0 saturated heterocycles. The number of rotatable bonds is 26. The molecule has 0 bridgehead atoms. The Hall–Kier alpha value is -5.51. The van der Waals surface area contributed by atoms with Gasteiger partial charge in [0.1, 0.15) is 0 Å². The second-order valence-electron chi connectivity index (χ2n) is 16.7. The van der Waals surface area contributed by atoms with E-state index in [1.165, 1.54) is 44.6 Å². The van der Waals surface area contributed by atoms with E-state index in [9.17, 15) is 5.11 Å². The third-order valence-electron chi connectivity index (χ3n) is 11.5. The fourth-order valence-corrected chi connectivity index (χ4v) is 7.99. The lowest BCUT2D eigenvalue weighted by Crippen LogP contribution is -2.33. The molecule has 0 spiro atoms. The molecule has 0 aliphatic heterocycles. The molecule has 69 heavy (non-hydrogen) atoms. The summed E-state index contributed by atoms with van der Waals surface area (Å²) in [7, 11) is 0. The van der Waals surface area contributed by atoms with Gasteiger partial charge in [0.05, 0.1) is 33.0 Å². The van der Waals surface area contributed by atoms with E-state index in [1.54, 1.807) is 0 Å². The highest BCUT2D eigenvalue weighted by atomic mass is 35.5. The van der Waals surface area contributed by atoms with Gasteiger partial charge in [-0.15, -0.1) is 0 Å². The first-order valence-corrected chi connectivity index (χ1v) is 24.3. The smallest absolute Gasteiger partial charge is 0.0606 e. The zero-order chi connectivity index (χ0) is 49.6. The van der Waals surface area contributed by atoms with Crippen molar-refractivity contribution in [2.24, 2.45) is 17.2 Å². The van der Waals surface area contributed by atoms with Crippen LogP contribution in [0.15, 0.2) is 146 Å². The second-order valence-corrected chi connectivity index (χ2v) is 17.2. The average molecular weight is 963 g/mol. The molecule has 0 aliphatic rings. The molecule has 12 nitrogen and oxygen atoms in total. The summed E-state index contributed by atoms with van der Waals surface area (Å²) >= 11 is 5.88. The minimum absolute atomic E-state index is 0.0611. The summed E-state index contributed by atoms with van der Waals surface area (Å²) in [6.45, 7) is 9.39. The molecule has 0 saturated carbocycles. The van der Waals surface area contributed by atoms with E-state index in [-0.39, 0.29) is 33.0 Å². The molecular formula is C56H76ClN7O5. The standard InChI is InChI=1S/C21H31N3O3.C18H25N3.C17H20ClNO2/c22-9-10-23(11-14-25)20-5-1-18(2-6-20)17-19-3-7-21(8-4-19)24(12-15-26)13-16-27;1-15-2-4-16(5-3-15)14-17-6-8-18(9-7-17)21(12-10-19)13-11-20;18-16-5-1-14(2-6-16)13-15-3-7-17(8-4-15)19(9-11-20)10-12-21/h1-8,25-27H,9-17,22H2;2-9H,10-14,19-20H2,1H3;1-8,20-21H,9-13H2. The van der Waals surface area contributed by atoms with E-state index < -0.39 is 0 Å². The lowest BCUT2D eigenvalue weighted by Gasteiger charge is -2.23. The number of aliphatic hydroxyl groups is 5. The maximum Gasteiger partial charge on any atom is 0.0606 e. The third-order valence-corrected chi connectivity index (χ3v) is 11.8. The van der Waals surface area contributed by atoms with Crippen LogP contribution in [0.5, 0.6) is 0 Å². The van der Waals surface area contributed by atoms with Crippen molar-refractivity contribution in [1.29, 1.82) is 0 Å². The first-order chi connectivity index (χ1) is 33.7. The highest BCUT2D eigenvalue weighted by molar-refractivity contribution is 6.30. The molecular weight excluding hydrogens is 886 g/mol. The zero-order valence-electron chi connectivity index (χ0n) is 40.4. The van der Waals surface area contributed by atoms with Crippen LogP contribution in [0.3, 0.4) is 0 Å². The summed E-state index contributed by atoms with van der Waals surface area (Å²) < 4.78 is 0. The Morgan fingerprint density at radius 2 is 0.522 bits per heavy atom. The molecule has 0 aromatic heterocycles. The normalized spacial score (nSPS) is 10.7. The van der Waals surface area contributed by atoms with Crippen LogP contribution >= 0.6 is 11.6 Å². The van der Waals surface area contributed by atoms with Crippen LogP contribution in [0.25, 0.3) is 0 Å². The predicted octanol–water partition coefficient (Wildman–Crippen LogP) is 5.86. The number of anilines is 4. The number of aliphatic hydroxyl groups excluding tert-OH is 5. The molecule has 6 rings (SSSR count). The quantitative estimate of drug-likeness (QED) is 0.0324. The van der Waals surface area contributed by atoms with Crippen molar-refractivity contribution in [2.45, 2.75) is 26.2 Å². The Labute approximate surface area is 415 Å². The Balaban J connectivity index is 0.000000228. The Kier molecular flexibility index (Phi) is 26.3. The van der Waals surface area contributed by atoms with E-state index in [4.69, 9.17) is 49.2 Å². The Morgan fingerprint density at radius 3 is 0.754 bits per heavy atom. The molecule has 372 valence electrons. The molecule has 0 fully saturated rings. The van der Waals surface area contributed by atoms with Gasteiger partial charge in [-0.3, -0.25) is 0 Å². The van der Waals surface area contributed by atoms with Crippen LogP contribution < -0.4 is 36.8 Å². The fraction of sp³-hybridized carbons (Fsp3) is 0.357. The molecule has 0 aliphatic carbocycles. The molecule has 6 aromatic carbocycles. The first kappa shape index (κ1) is 56.1. The van der Waals surface area contributed by atoms with E-state index in [0.29, 0.717) is 52.4 Å². The maximum absolute atomic E-state index is 9.19. The highest BCUT2D eigenvalue weighted by Crippen LogP contribution is 2.22. The zero-order valence-corrected chi connectivity index (χ0v) is 41.2. The van der Waals surface area contributed by atoms with Gasteiger partial charge < -0.3 is 62.3 Å². The monoisotopic (exact) mass is 962 g/mol. The van der Waals surface area contributed by atoms with Crippen molar-refractivity contribution >= 4 is 34.4 Å². The third kappa shape index (κ3) is 20.2.